The summed E-state index contributed by atoms with van der Waals surface area (Å²) in [5.41, 5.74) is 0.544. The van der Waals surface area contributed by atoms with E-state index >= 15 is 0 Å². The Kier molecular flexibility index (Phi) is 5.06. The Bertz CT molecular complexity index is 576. The van der Waals surface area contributed by atoms with E-state index in [1.165, 1.54) is 23.5 Å². The summed E-state index contributed by atoms with van der Waals surface area (Å²) < 4.78 is 25.9. The summed E-state index contributed by atoms with van der Waals surface area (Å²) in [5, 5.41) is 18.1. The molecule has 2 unspecified atom stereocenters. The largest absolute Gasteiger partial charge is 0.389 e. The third-order valence-electron chi connectivity index (χ3n) is 3.02. The van der Waals surface area contributed by atoms with Crippen LogP contribution in [0.5, 0.6) is 0 Å². The Balaban J connectivity index is 3.14. The summed E-state index contributed by atoms with van der Waals surface area (Å²) in [6.07, 6.45) is -0.594. The molecule has 2 atom stereocenters. The van der Waals surface area contributed by atoms with Gasteiger partial charge in [0.1, 0.15) is 0 Å². The number of sulfonamides is 1. The van der Waals surface area contributed by atoms with E-state index < -0.39 is 22.2 Å². The fourth-order valence-electron chi connectivity index (χ4n) is 1.60. The van der Waals surface area contributed by atoms with Gasteiger partial charge in [-0.3, -0.25) is 0 Å². The van der Waals surface area contributed by atoms with Crippen LogP contribution >= 0.6 is 0 Å². The number of benzene rings is 1. The van der Waals surface area contributed by atoms with Crippen LogP contribution < -0.4 is 0 Å². The summed E-state index contributed by atoms with van der Waals surface area (Å²) in [5.74, 6) is 0. The van der Waals surface area contributed by atoms with Gasteiger partial charge in [0.25, 0.3) is 0 Å². The molecule has 0 saturated heterocycles. The molecule has 5 nitrogen and oxygen atoms in total. The van der Waals surface area contributed by atoms with Crippen LogP contribution in [0.1, 0.15) is 31.9 Å². The summed E-state index contributed by atoms with van der Waals surface area (Å²) in [4.78, 5) is 0.123. The Labute approximate surface area is 114 Å². The zero-order valence-electron chi connectivity index (χ0n) is 11.2. The lowest BCUT2D eigenvalue weighted by atomic mass is 10.1. The minimum absolute atomic E-state index is 0.123. The number of hydrogen-bond acceptors (Lipinski definition) is 4. The summed E-state index contributed by atoms with van der Waals surface area (Å²) in [6.45, 7) is 3.26. The van der Waals surface area contributed by atoms with Crippen LogP contribution in [0, 0.1) is 11.3 Å². The normalized spacial score (nSPS) is 14.9. The zero-order valence-corrected chi connectivity index (χ0v) is 12.1. The van der Waals surface area contributed by atoms with Gasteiger partial charge in [-0.05, 0) is 31.5 Å². The molecule has 6 heteroatoms. The molecule has 0 heterocycles. The van der Waals surface area contributed by atoms with Gasteiger partial charge in [0.15, 0.2) is 0 Å². The second kappa shape index (κ2) is 6.15. The summed E-state index contributed by atoms with van der Waals surface area (Å²) >= 11 is 0. The number of hydrogen-bond donors (Lipinski definition) is 1. The predicted molar refractivity (Wildman–Crippen MR) is 71.7 cm³/mol. The van der Waals surface area contributed by atoms with Crippen molar-refractivity contribution >= 4 is 10.0 Å². The molecule has 0 aromatic heterocycles. The average Bonchev–Trinajstić information content (AvgIpc) is 2.38. The molecular weight excluding hydrogens is 264 g/mol. The van der Waals surface area contributed by atoms with Crippen molar-refractivity contribution in [2.24, 2.45) is 0 Å². The molecule has 0 saturated carbocycles. The van der Waals surface area contributed by atoms with Gasteiger partial charge >= 0.3 is 0 Å². The highest BCUT2D eigenvalue weighted by atomic mass is 32.2. The molecule has 1 aromatic rings. The van der Waals surface area contributed by atoms with E-state index in [0.717, 1.165) is 0 Å². The molecule has 0 aliphatic rings. The van der Waals surface area contributed by atoms with Crippen molar-refractivity contribution in [2.45, 2.75) is 37.3 Å². The molecular formula is C13H18N2O3S. The first kappa shape index (κ1) is 15.6. The van der Waals surface area contributed by atoms with Crippen molar-refractivity contribution in [1.29, 1.82) is 5.26 Å². The molecule has 0 radical (unpaired) electrons. The van der Waals surface area contributed by atoms with Gasteiger partial charge in [-0.25, -0.2) is 8.42 Å². The molecule has 0 amide bonds. The van der Waals surface area contributed by atoms with Gasteiger partial charge < -0.3 is 5.11 Å². The second-order valence-corrected chi connectivity index (χ2v) is 6.48. The van der Waals surface area contributed by atoms with Crippen LogP contribution in [0.25, 0.3) is 0 Å². The number of aliphatic hydroxyl groups excluding tert-OH is 1. The van der Waals surface area contributed by atoms with E-state index in [1.807, 2.05) is 6.07 Å². The van der Waals surface area contributed by atoms with E-state index in [2.05, 4.69) is 0 Å². The quantitative estimate of drug-likeness (QED) is 0.890. The first-order valence-electron chi connectivity index (χ1n) is 5.93. The first-order valence-corrected chi connectivity index (χ1v) is 7.37. The molecule has 104 valence electrons. The molecule has 0 aliphatic carbocycles. The lowest BCUT2D eigenvalue weighted by molar-refractivity contribution is 0.199. The number of nitrogens with zero attached hydrogens (tertiary/aromatic N) is 2. The topological polar surface area (TPSA) is 81.4 Å². The van der Waals surface area contributed by atoms with Crippen molar-refractivity contribution in [3.05, 3.63) is 29.8 Å². The average molecular weight is 282 g/mol. The van der Waals surface area contributed by atoms with Gasteiger partial charge in [-0.2, -0.15) is 9.57 Å². The van der Waals surface area contributed by atoms with Gasteiger partial charge in [0, 0.05) is 13.1 Å². The van der Waals surface area contributed by atoms with Crippen LogP contribution in [-0.4, -0.2) is 30.9 Å². The van der Waals surface area contributed by atoms with Crippen molar-refractivity contribution in [2.75, 3.05) is 7.05 Å². The Morgan fingerprint density at radius 3 is 2.58 bits per heavy atom. The Morgan fingerprint density at radius 2 is 2.05 bits per heavy atom. The van der Waals surface area contributed by atoms with Crippen molar-refractivity contribution in [3.63, 3.8) is 0 Å². The van der Waals surface area contributed by atoms with Crippen molar-refractivity contribution < 1.29 is 13.5 Å². The maximum absolute atomic E-state index is 12.4. The lowest BCUT2D eigenvalue weighted by Gasteiger charge is -2.22. The maximum Gasteiger partial charge on any atom is 0.243 e. The molecule has 19 heavy (non-hydrogen) atoms. The highest BCUT2D eigenvalue weighted by molar-refractivity contribution is 7.89. The number of aliphatic hydroxyl groups is 1. The van der Waals surface area contributed by atoms with Crippen molar-refractivity contribution in [3.8, 4) is 6.07 Å². The van der Waals surface area contributed by atoms with E-state index in [1.54, 1.807) is 26.0 Å². The van der Waals surface area contributed by atoms with Crippen LogP contribution in [0.4, 0.5) is 0 Å². The van der Waals surface area contributed by atoms with E-state index in [0.29, 0.717) is 5.56 Å². The fraction of sp³-hybridized carbons (Fsp3) is 0.462. The lowest BCUT2D eigenvalue weighted by Crippen LogP contribution is -2.34. The van der Waals surface area contributed by atoms with Gasteiger partial charge in [-0.15, -0.1) is 0 Å². The third kappa shape index (κ3) is 3.53. The van der Waals surface area contributed by atoms with Crippen molar-refractivity contribution in [1.82, 2.24) is 4.31 Å². The van der Waals surface area contributed by atoms with Gasteiger partial charge in [0.05, 0.1) is 23.5 Å². The summed E-state index contributed by atoms with van der Waals surface area (Å²) in [7, 11) is -2.19. The van der Waals surface area contributed by atoms with Crippen LogP contribution in [0.2, 0.25) is 0 Å². The fourth-order valence-corrected chi connectivity index (χ4v) is 3.02. The summed E-state index contributed by atoms with van der Waals surface area (Å²) in [6, 6.07) is 7.76. The second-order valence-electron chi connectivity index (χ2n) is 4.48. The van der Waals surface area contributed by atoms with Crippen LogP contribution in [0.15, 0.2) is 29.2 Å². The van der Waals surface area contributed by atoms with Gasteiger partial charge in [0.2, 0.25) is 10.0 Å². The Morgan fingerprint density at radius 1 is 1.42 bits per heavy atom. The van der Waals surface area contributed by atoms with E-state index in [9.17, 15) is 13.5 Å². The number of rotatable bonds is 5. The minimum atomic E-state index is -3.65. The Hall–Kier alpha value is -1.42. The monoisotopic (exact) mass is 282 g/mol. The maximum atomic E-state index is 12.4. The predicted octanol–water partition coefficient (Wildman–Crippen LogP) is 1.66. The molecule has 1 N–H and O–H groups in total. The van der Waals surface area contributed by atoms with E-state index in [-0.39, 0.29) is 11.3 Å². The highest BCUT2D eigenvalue weighted by Gasteiger charge is 2.25. The molecule has 1 rings (SSSR count). The first-order chi connectivity index (χ1) is 8.80. The van der Waals surface area contributed by atoms with Crippen LogP contribution in [-0.2, 0) is 10.0 Å². The smallest absolute Gasteiger partial charge is 0.243 e. The molecule has 0 bridgehead atoms. The zero-order chi connectivity index (χ0) is 14.6. The SMILES string of the molecule is CC(O)c1cccc(S(=O)(=O)N(C)C(C)CC#N)c1. The molecule has 0 aliphatic heterocycles. The van der Waals surface area contributed by atoms with Crippen LogP contribution in [0.3, 0.4) is 0 Å². The third-order valence-corrected chi connectivity index (χ3v) is 4.99. The molecule has 0 spiro atoms. The molecule has 0 fully saturated rings. The molecule has 1 aromatic carbocycles. The van der Waals surface area contributed by atoms with Gasteiger partial charge in [-0.1, -0.05) is 12.1 Å². The standard InChI is InChI=1S/C13H18N2O3S/c1-10(7-8-14)15(3)19(17,18)13-6-4-5-12(9-13)11(2)16/h4-6,9-11,16H,7H2,1-3H3. The highest BCUT2D eigenvalue weighted by Crippen LogP contribution is 2.21. The number of nitriles is 1. The minimum Gasteiger partial charge on any atom is -0.389 e. The van der Waals surface area contributed by atoms with E-state index in [4.69, 9.17) is 5.26 Å².